The van der Waals surface area contributed by atoms with Gasteiger partial charge in [-0.15, -0.1) is 13.2 Å². The molecule has 0 unspecified atom stereocenters. The second kappa shape index (κ2) is 6.90. The van der Waals surface area contributed by atoms with Crippen molar-refractivity contribution in [3.63, 3.8) is 0 Å². The van der Waals surface area contributed by atoms with Gasteiger partial charge >= 0.3 is 6.36 Å². The van der Waals surface area contributed by atoms with Gasteiger partial charge in [-0.05, 0) is 36.4 Å². The lowest BCUT2D eigenvalue weighted by atomic mass is 10.1. The summed E-state index contributed by atoms with van der Waals surface area (Å²) in [5.41, 5.74) is 6.27. The number of nitrogens with one attached hydrogen (secondary N) is 1. The van der Waals surface area contributed by atoms with E-state index in [0.29, 0.717) is 28.4 Å². The van der Waals surface area contributed by atoms with E-state index < -0.39 is 12.3 Å². The van der Waals surface area contributed by atoms with Crippen LogP contribution in [-0.2, 0) is 0 Å². The fourth-order valence-electron chi connectivity index (χ4n) is 2.30. The lowest BCUT2D eigenvalue weighted by Gasteiger charge is -2.12. The molecule has 3 rings (SSSR count). The summed E-state index contributed by atoms with van der Waals surface area (Å²) in [4.78, 5) is 30.4. The van der Waals surface area contributed by atoms with E-state index in [9.17, 15) is 22.8 Å². The van der Waals surface area contributed by atoms with Crippen LogP contribution >= 0.6 is 0 Å². The summed E-state index contributed by atoms with van der Waals surface area (Å²) in [6.07, 6.45) is -4.16. The number of carbonyl (C=O) groups is 2. The Hall–Kier alpha value is -3.69. The molecule has 7 nitrogen and oxygen atoms in total. The summed E-state index contributed by atoms with van der Waals surface area (Å²) in [7, 11) is 0. The zero-order chi connectivity index (χ0) is 19.6. The van der Waals surface area contributed by atoms with E-state index in [2.05, 4.69) is 20.0 Å². The summed E-state index contributed by atoms with van der Waals surface area (Å²) in [5.74, 6) is -1.32. The number of amides is 1. The minimum Gasteiger partial charge on any atom is -0.406 e. The molecular weight excluding hydrogens is 365 g/mol. The minimum absolute atomic E-state index is 0.204. The predicted octanol–water partition coefficient (Wildman–Crippen LogP) is 3.18. The van der Waals surface area contributed by atoms with E-state index in [4.69, 9.17) is 5.73 Å². The fourth-order valence-corrected chi connectivity index (χ4v) is 2.30. The Morgan fingerprint density at radius 2 is 1.81 bits per heavy atom. The molecule has 1 heterocycles. The van der Waals surface area contributed by atoms with Gasteiger partial charge in [-0.1, -0.05) is 6.07 Å². The molecule has 0 bridgehead atoms. The number of ether oxygens (including phenoxy) is 1. The number of aromatic nitrogens is 2. The third kappa shape index (κ3) is 4.29. The van der Waals surface area contributed by atoms with Crippen molar-refractivity contribution in [1.82, 2.24) is 9.97 Å². The van der Waals surface area contributed by atoms with Crippen LogP contribution in [0.3, 0.4) is 0 Å². The maximum absolute atomic E-state index is 12.2. The number of hydrogen-bond donors (Lipinski definition) is 2. The van der Waals surface area contributed by atoms with E-state index in [1.165, 1.54) is 24.3 Å². The molecule has 0 saturated heterocycles. The Balaban J connectivity index is 1.98. The number of aldehydes is 1. The van der Waals surface area contributed by atoms with Crippen molar-refractivity contribution in [3.05, 3.63) is 53.9 Å². The molecule has 27 heavy (non-hydrogen) atoms. The van der Waals surface area contributed by atoms with Gasteiger partial charge in [0.1, 0.15) is 17.9 Å². The number of fused-ring (bicyclic) bond motifs is 1. The van der Waals surface area contributed by atoms with Crippen molar-refractivity contribution in [2.75, 3.05) is 5.32 Å². The molecule has 0 atom stereocenters. The number of hydrogen-bond acceptors (Lipinski definition) is 6. The maximum Gasteiger partial charge on any atom is 0.573 e. The largest absolute Gasteiger partial charge is 0.573 e. The number of anilines is 2. The van der Waals surface area contributed by atoms with Gasteiger partial charge < -0.3 is 15.8 Å². The predicted molar refractivity (Wildman–Crippen MR) is 89.9 cm³/mol. The van der Waals surface area contributed by atoms with Gasteiger partial charge in [0.2, 0.25) is 5.82 Å². The SMILES string of the molecule is NC(=O)c1nc(Nc2ccc(OC(F)(F)F)cc2)c2ccc(C=O)cc2n1. The van der Waals surface area contributed by atoms with E-state index in [1.807, 2.05) is 0 Å². The molecule has 3 N–H and O–H groups in total. The molecule has 3 aromatic rings. The van der Waals surface area contributed by atoms with Gasteiger partial charge in [0.25, 0.3) is 5.91 Å². The normalized spacial score (nSPS) is 11.2. The van der Waals surface area contributed by atoms with Crippen LogP contribution in [0.4, 0.5) is 24.7 Å². The van der Waals surface area contributed by atoms with Crippen molar-refractivity contribution in [2.45, 2.75) is 6.36 Å². The molecule has 0 saturated carbocycles. The van der Waals surface area contributed by atoms with Crippen molar-refractivity contribution in [2.24, 2.45) is 5.73 Å². The van der Waals surface area contributed by atoms with Crippen molar-refractivity contribution < 1.29 is 27.5 Å². The minimum atomic E-state index is -4.79. The quantitative estimate of drug-likeness (QED) is 0.663. The number of alkyl halides is 3. The summed E-state index contributed by atoms with van der Waals surface area (Å²) >= 11 is 0. The Morgan fingerprint density at radius 1 is 1.11 bits per heavy atom. The number of halogens is 3. The highest BCUT2D eigenvalue weighted by molar-refractivity contribution is 5.98. The van der Waals surface area contributed by atoms with Crippen LogP contribution in [0.25, 0.3) is 10.9 Å². The average molecular weight is 376 g/mol. The van der Waals surface area contributed by atoms with Crippen LogP contribution < -0.4 is 15.8 Å². The van der Waals surface area contributed by atoms with Gasteiger partial charge in [-0.2, -0.15) is 0 Å². The van der Waals surface area contributed by atoms with Gasteiger partial charge in [0.15, 0.2) is 0 Å². The molecule has 1 amide bonds. The van der Waals surface area contributed by atoms with Crippen LogP contribution in [0.15, 0.2) is 42.5 Å². The smallest absolute Gasteiger partial charge is 0.406 e. The topological polar surface area (TPSA) is 107 Å². The lowest BCUT2D eigenvalue weighted by Crippen LogP contribution is -2.17. The first-order valence-corrected chi connectivity index (χ1v) is 7.45. The second-order valence-electron chi connectivity index (χ2n) is 5.35. The zero-order valence-electron chi connectivity index (χ0n) is 13.4. The maximum atomic E-state index is 12.2. The number of nitrogens with two attached hydrogens (primary N) is 1. The number of benzene rings is 2. The van der Waals surface area contributed by atoms with E-state index >= 15 is 0 Å². The monoisotopic (exact) mass is 376 g/mol. The second-order valence-corrected chi connectivity index (χ2v) is 5.35. The van der Waals surface area contributed by atoms with E-state index in [-0.39, 0.29) is 17.4 Å². The van der Waals surface area contributed by atoms with E-state index in [0.717, 1.165) is 12.1 Å². The molecular formula is C17H11F3N4O3. The molecule has 10 heteroatoms. The molecule has 2 aromatic carbocycles. The molecule has 0 fully saturated rings. The van der Waals surface area contributed by atoms with Crippen molar-refractivity contribution in [3.8, 4) is 5.75 Å². The number of carbonyl (C=O) groups excluding carboxylic acids is 2. The van der Waals surface area contributed by atoms with Gasteiger partial charge in [-0.3, -0.25) is 9.59 Å². The molecule has 138 valence electrons. The zero-order valence-corrected chi connectivity index (χ0v) is 13.4. The Kier molecular flexibility index (Phi) is 4.63. The van der Waals surface area contributed by atoms with Crippen LogP contribution in [0, 0.1) is 0 Å². The highest BCUT2D eigenvalue weighted by Crippen LogP contribution is 2.27. The van der Waals surface area contributed by atoms with Gasteiger partial charge in [0.05, 0.1) is 5.52 Å². The standard InChI is InChI=1S/C17H11F3N4O3/c18-17(19,20)27-11-4-2-10(3-5-11)22-15-12-6-1-9(8-25)7-13(12)23-16(24-15)14(21)26/h1-8H,(H2,21,26)(H,22,23,24). The number of primary amides is 1. The van der Waals surface area contributed by atoms with Crippen LogP contribution in [0.2, 0.25) is 0 Å². The lowest BCUT2D eigenvalue weighted by molar-refractivity contribution is -0.274. The summed E-state index contributed by atoms with van der Waals surface area (Å²) < 4.78 is 40.5. The molecule has 1 aromatic heterocycles. The Labute approximate surface area is 150 Å². The number of nitrogens with zero attached hydrogens (tertiary/aromatic N) is 2. The highest BCUT2D eigenvalue weighted by atomic mass is 19.4. The molecule has 0 aliphatic rings. The molecule has 0 radical (unpaired) electrons. The van der Waals surface area contributed by atoms with Crippen LogP contribution in [0.1, 0.15) is 21.0 Å². The first kappa shape index (κ1) is 18.1. The van der Waals surface area contributed by atoms with E-state index in [1.54, 1.807) is 6.07 Å². The average Bonchev–Trinajstić information content (AvgIpc) is 2.61. The molecule has 0 aliphatic heterocycles. The van der Waals surface area contributed by atoms with Gasteiger partial charge in [-0.25, -0.2) is 9.97 Å². The summed E-state index contributed by atoms with van der Waals surface area (Å²) in [6, 6.07) is 9.51. The van der Waals surface area contributed by atoms with Crippen molar-refractivity contribution in [1.29, 1.82) is 0 Å². The highest BCUT2D eigenvalue weighted by Gasteiger charge is 2.30. The molecule has 0 aliphatic carbocycles. The van der Waals surface area contributed by atoms with Crippen molar-refractivity contribution >= 4 is 34.6 Å². The number of rotatable bonds is 5. The first-order chi connectivity index (χ1) is 12.7. The molecule has 0 spiro atoms. The fraction of sp³-hybridized carbons (Fsp3) is 0.0588. The van der Waals surface area contributed by atoms with Crippen LogP contribution in [0.5, 0.6) is 5.75 Å². The summed E-state index contributed by atoms with van der Waals surface area (Å²) in [5, 5.41) is 3.37. The van der Waals surface area contributed by atoms with Gasteiger partial charge in [0, 0.05) is 16.6 Å². The third-order valence-corrected chi connectivity index (χ3v) is 3.43. The third-order valence-electron chi connectivity index (χ3n) is 3.43. The summed E-state index contributed by atoms with van der Waals surface area (Å²) in [6.45, 7) is 0. The van der Waals surface area contributed by atoms with Crippen LogP contribution in [-0.4, -0.2) is 28.5 Å². The first-order valence-electron chi connectivity index (χ1n) is 7.45. The Morgan fingerprint density at radius 3 is 2.41 bits per heavy atom. The Bertz CT molecular complexity index is 1020.